The number of ketones is 1. The molecular weight excluding hydrogens is 453 g/mol. The minimum absolute atomic E-state index is 0. The van der Waals surface area contributed by atoms with Gasteiger partial charge in [0.2, 0.25) is 0 Å². The molecule has 0 spiro atoms. The van der Waals surface area contributed by atoms with Crippen molar-refractivity contribution in [2.24, 2.45) is 0 Å². The first-order valence-corrected chi connectivity index (χ1v) is 9.97. The molecule has 2 aromatic rings. The average molecular weight is 477 g/mol. The van der Waals surface area contributed by atoms with Gasteiger partial charge < -0.3 is 31.5 Å². The third kappa shape index (κ3) is 6.83. The third-order valence-corrected chi connectivity index (χ3v) is 4.88. The maximum absolute atomic E-state index is 12.5. The van der Waals surface area contributed by atoms with Crippen molar-refractivity contribution >= 4 is 23.7 Å². The number of carboxylic acids is 1. The second kappa shape index (κ2) is 12.2. The molecule has 1 unspecified atom stereocenters. The van der Waals surface area contributed by atoms with E-state index in [-0.39, 0.29) is 31.0 Å². The van der Waals surface area contributed by atoms with E-state index in [1.165, 1.54) is 31.3 Å². The predicted octanol–water partition coefficient (Wildman–Crippen LogP) is -0.658. The zero-order chi connectivity index (χ0) is 24.0. The van der Waals surface area contributed by atoms with Gasteiger partial charge in [0.25, 0.3) is 5.91 Å². The van der Waals surface area contributed by atoms with Crippen molar-refractivity contribution in [1.29, 1.82) is 0 Å². The van der Waals surface area contributed by atoms with Gasteiger partial charge in [0, 0.05) is 19.3 Å². The van der Waals surface area contributed by atoms with Gasteiger partial charge in [0.15, 0.2) is 23.3 Å². The van der Waals surface area contributed by atoms with Crippen LogP contribution in [0, 0.1) is 0 Å². The molecule has 34 heavy (non-hydrogen) atoms. The van der Waals surface area contributed by atoms with Crippen molar-refractivity contribution in [2.75, 3.05) is 14.2 Å². The number of amides is 3. The molecule has 1 heterocycles. The number of ether oxygens (including phenoxy) is 2. The van der Waals surface area contributed by atoms with E-state index >= 15 is 0 Å². The summed E-state index contributed by atoms with van der Waals surface area (Å²) >= 11 is 0. The van der Waals surface area contributed by atoms with Crippen LogP contribution in [0.3, 0.4) is 0 Å². The second-order valence-electron chi connectivity index (χ2n) is 7.19. The van der Waals surface area contributed by atoms with E-state index in [0.29, 0.717) is 22.8 Å². The van der Waals surface area contributed by atoms with E-state index in [1.54, 1.807) is 42.5 Å². The monoisotopic (exact) mass is 477 g/mol. The number of carbonyl (C=O) groups is 4. The molecule has 2 atom stereocenters. The quantitative estimate of drug-likeness (QED) is 0.340. The minimum Gasteiger partial charge on any atom is -1.00 e. The van der Waals surface area contributed by atoms with Gasteiger partial charge in [-0.3, -0.25) is 14.4 Å². The van der Waals surface area contributed by atoms with Crippen LogP contribution < -0.4 is 49.7 Å². The number of aliphatic carboxylic acids is 1. The molecule has 0 aliphatic carbocycles. The van der Waals surface area contributed by atoms with Crippen molar-refractivity contribution in [2.45, 2.75) is 18.5 Å². The molecule has 0 radical (unpaired) electrons. The SMILES string of the molecule is COc1ccccc1Oc1ccc([C@H](CC(=O)O)NC(=O)NC2C(=O)C=CN(C)C2=O)cc1.[H-].[Na+]. The summed E-state index contributed by atoms with van der Waals surface area (Å²) in [5, 5.41) is 14.1. The van der Waals surface area contributed by atoms with Crippen LogP contribution in [-0.4, -0.2) is 53.9 Å². The van der Waals surface area contributed by atoms with Gasteiger partial charge in [0.05, 0.1) is 19.6 Å². The molecule has 0 fully saturated rings. The Kier molecular flexibility index (Phi) is 9.67. The van der Waals surface area contributed by atoms with E-state index < -0.39 is 42.2 Å². The number of rotatable bonds is 8. The van der Waals surface area contributed by atoms with Gasteiger partial charge in [-0.15, -0.1) is 0 Å². The molecular formula is C23H24N3NaO7. The van der Waals surface area contributed by atoms with Crippen LogP contribution in [0.2, 0.25) is 0 Å². The molecule has 0 saturated heterocycles. The van der Waals surface area contributed by atoms with Gasteiger partial charge in [-0.25, -0.2) is 4.79 Å². The summed E-state index contributed by atoms with van der Waals surface area (Å²) in [6.45, 7) is 0. The minimum atomic E-state index is -1.37. The fourth-order valence-corrected chi connectivity index (χ4v) is 3.17. The molecule has 1 aliphatic rings. The standard InChI is InChI=1S/C23H23N3O7.Na.H/c1-26-12-11-17(27)21(22(26)30)25-23(31)24-16(13-20(28)29)14-7-9-15(10-8-14)33-19-6-4-3-5-18(19)32-2;;/h3-12,16,21H,13H2,1-2H3,(H,28,29)(H2,24,25,31);;/q;+1;-1/t16-,21?;;/m0../s1. The van der Waals surface area contributed by atoms with Crippen LogP contribution in [0.5, 0.6) is 17.2 Å². The van der Waals surface area contributed by atoms with E-state index in [4.69, 9.17) is 9.47 Å². The molecule has 3 rings (SSSR count). The largest absolute Gasteiger partial charge is 1.00 e. The number of para-hydroxylation sites is 2. The van der Waals surface area contributed by atoms with Crippen LogP contribution in [0.1, 0.15) is 19.5 Å². The molecule has 11 heteroatoms. The van der Waals surface area contributed by atoms with Crippen LogP contribution in [0.15, 0.2) is 60.8 Å². The molecule has 0 saturated carbocycles. The van der Waals surface area contributed by atoms with E-state index in [9.17, 15) is 24.3 Å². The van der Waals surface area contributed by atoms with Crippen molar-refractivity contribution in [3.63, 3.8) is 0 Å². The summed E-state index contributed by atoms with van der Waals surface area (Å²) in [5.74, 6) is -0.757. The molecule has 174 valence electrons. The normalized spacial score (nSPS) is 15.7. The number of benzene rings is 2. The number of hydrogen-bond donors (Lipinski definition) is 3. The summed E-state index contributed by atoms with van der Waals surface area (Å²) in [7, 11) is 2.99. The van der Waals surface area contributed by atoms with Crippen molar-refractivity contribution in [3.8, 4) is 17.2 Å². The van der Waals surface area contributed by atoms with Crippen molar-refractivity contribution < 1.29 is 64.7 Å². The number of carboxylic acid groups (broad SMARTS) is 1. The molecule has 3 amide bonds. The molecule has 0 aromatic heterocycles. The Morgan fingerprint density at radius 2 is 1.76 bits per heavy atom. The van der Waals surface area contributed by atoms with Crippen LogP contribution in [-0.2, 0) is 14.4 Å². The van der Waals surface area contributed by atoms with E-state index in [1.807, 2.05) is 6.07 Å². The Morgan fingerprint density at radius 1 is 1.12 bits per heavy atom. The van der Waals surface area contributed by atoms with Gasteiger partial charge in [-0.05, 0) is 29.8 Å². The smallest absolute Gasteiger partial charge is 1.00 e. The Morgan fingerprint density at radius 3 is 2.38 bits per heavy atom. The van der Waals surface area contributed by atoms with Crippen LogP contribution >= 0.6 is 0 Å². The van der Waals surface area contributed by atoms with Gasteiger partial charge >= 0.3 is 41.6 Å². The number of nitrogens with one attached hydrogen (secondary N) is 2. The zero-order valence-corrected chi connectivity index (χ0v) is 21.0. The number of hydrogen-bond acceptors (Lipinski definition) is 6. The zero-order valence-electron chi connectivity index (χ0n) is 20.0. The topological polar surface area (TPSA) is 134 Å². The summed E-state index contributed by atoms with van der Waals surface area (Å²) in [6.07, 6.45) is 2.08. The maximum atomic E-state index is 12.5. The number of nitrogens with zero attached hydrogens (tertiary/aromatic N) is 1. The Labute approximate surface area is 219 Å². The Balaban J connectivity index is 0.00000306. The van der Waals surface area contributed by atoms with Gasteiger partial charge in [-0.2, -0.15) is 0 Å². The summed E-state index contributed by atoms with van der Waals surface area (Å²) in [5.41, 5.74) is 0.498. The summed E-state index contributed by atoms with van der Waals surface area (Å²) in [6, 6.07) is 10.5. The Hall–Kier alpha value is -3.34. The Bertz CT molecular complexity index is 1090. The summed E-state index contributed by atoms with van der Waals surface area (Å²) in [4.78, 5) is 49.1. The fraction of sp³-hybridized carbons (Fsp3) is 0.217. The van der Waals surface area contributed by atoms with E-state index in [2.05, 4.69) is 10.6 Å². The van der Waals surface area contributed by atoms with Gasteiger partial charge in [-0.1, -0.05) is 24.3 Å². The molecule has 0 bridgehead atoms. The average Bonchev–Trinajstić information content (AvgIpc) is 2.79. The molecule has 10 nitrogen and oxygen atoms in total. The number of urea groups is 1. The first kappa shape index (κ1) is 26.9. The number of likely N-dealkylation sites (N-methyl/N-ethyl adjacent to an activating group) is 1. The summed E-state index contributed by atoms with van der Waals surface area (Å²) < 4.78 is 11.1. The predicted molar refractivity (Wildman–Crippen MR) is 118 cm³/mol. The second-order valence-corrected chi connectivity index (χ2v) is 7.19. The number of carbonyl (C=O) groups excluding carboxylic acids is 3. The molecule has 1 aliphatic heterocycles. The number of methoxy groups -OCH3 is 1. The fourth-order valence-electron chi connectivity index (χ4n) is 3.17. The first-order chi connectivity index (χ1) is 15.8. The van der Waals surface area contributed by atoms with E-state index in [0.717, 1.165) is 0 Å². The molecule has 2 aromatic carbocycles. The first-order valence-electron chi connectivity index (χ1n) is 9.97. The van der Waals surface area contributed by atoms with Gasteiger partial charge in [0.1, 0.15) is 5.75 Å². The van der Waals surface area contributed by atoms with Crippen molar-refractivity contribution in [3.05, 3.63) is 66.4 Å². The third-order valence-electron chi connectivity index (χ3n) is 4.88. The molecule has 3 N–H and O–H groups in total. The van der Waals surface area contributed by atoms with Crippen molar-refractivity contribution in [1.82, 2.24) is 15.5 Å². The maximum Gasteiger partial charge on any atom is 1.00 e. The van der Waals surface area contributed by atoms with Crippen LogP contribution in [0.4, 0.5) is 4.79 Å². The van der Waals surface area contributed by atoms with Crippen LogP contribution in [0.25, 0.3) is 0 Å².